The van der Waals surface area contributed by atoms with Gasteiger partial charge in [0.1, 0.15) is 24.7 Å². The molecule has 3 nitrogen and oxygen atoms in total. The van der Waals surface area contributed by atoms with Crippen molar-refractivity contribution in [3.8, 4) is 11.5 Å². The summed E-state index contributed by atoms with van der Waals surface area (Å²) in [5.41, 5.74) is 2.31. The molecule has 0 amide bonds. The van der Waals surface area contributed by atoms with Crippen LogP contribution in [0.1, 0.15) is 25.0 Å². The molecule has 0 radical (unpaired) electrons. The highest BCUT2D eigenvalue weighted by molar-refractivity contribution is 9.12. The lowest BCUT2D eigenvalue weighted by atomic mass is 10.0. The predicted molar refractivity (Wildman–Crippen MR) is 158 cm³/mol. The summed E-state index contributed by atoms with van der Waals surface area (Å²) in [4.78, 5) is 0.368. The lowest BCUT2D eigenvalue weighted by Gasteiger charge is -2.17. The van der Waals surface area contributed by atoms with Crippen LogP contribution in [0.3, 0.4) is 0 Å². The molecule has 0 spiro atoms. The Morgan fingerprint density at radius 1 is 0.688 bits per heavy atom. The van der Waals surface area contributed by atoms with Crippen LogP contribution in [0.5, 0.6) is 11.5 Å². The number of hydrogen-bond donors (Lipinski definition) is 0. The SMILES string of the molecule is CC(C)OCC(Br)COc1c(Br)cc(Cc2cc(Br)c(OCC(Br)CBr)c(Br)c2)cc1Br. The molecule has 178 valence electrons. The molecule has 0 fully saturated rings. The molecule has 0 aromatic heterocycles. The zero-order valence-corrected chi connectivity index (χ0v) is 28.5. The van der Waals surface area contributed by atoms with E-state index in [9.17, 15) is 0 Å². The molecule has 2 atom stereocenters. The van der Waals surface area contributed by atoms with Crippen LogP contribution in [0.2, 0.25) is 0 Å². The van der Waals surface area contributed by atoms with Gasteiger partial charge in [-0.05, 0) is 119 Å². The lowest BCUT2D eigenvalue weighted by molar-refractivity contribution is 0.0737. The molecule has 0 aliphatic heterocycles. The molecule has 0 saturated heterocycles. The maximum absolute atomic E-state index is 6.02. The first-order chi connectivity index (χ1) is 15.1. The third-order valence-electron chi connectivity index (χ3n) is 4.12. The smallest absolute Gasteiger partial charge is 0.147 e. The van der Waals surface area contributed by atoms with Gasteiger partial charge in [-0.3, -0.25) is 0 Å². The van der Waals surface area contributed by atoms with Gasteiger partial charge in [0.15, 0.2) is 0 Å². The van der Waals surface area contributed by atoms with E-state index in [0.29, 0.717) is 19.8 Å². The Morgan fingerprint density at radius 3 is 1.47 bits per heavy atom. The zero-order chi connectivity index (χ0) is 23.8. The first kappa shape index (κ1) is 29.6. The van der Waals surface area contributed by atoms with Gasteiger partial charge in [0.25, 0.3) is 0 Å². The van der Waals surface area contributed by atoms with E-state index in [2.05, 4.69) is 136 Å². The lowest BCUT2D eigenvalue weighted by Crippen LogP contribution is -2.20. The maximum atomic E-state index is 6.02. The second kappa shape index (κ2) is 14.8. The van der Waals surface area contributed by atoms with E-state index in [0.717, 1.165) is 52.3 Å². The Bertz CT molecular complexity index is 846. The number of rotatable bonds is 12. The topological polar surface area (TPSA) is 27.7 Å². The normalized spacial score (nSPS) is 13.3. The minimum atomic E-state index is 0.119. The van der Waals surface area contributed by atoms with Crippen LogP contribution in [0.25, 0.3) is 0 Å². The molecule has 0 saturated carbocycles. The van der Waals surface area contributed by atoms with Gasteiger partial charge in [0.05, 0.1) is 40.3 Å². The summed E-state index contributed by atoms with van der Waals surface area (Å²) in [7, 11) is 0. The fraction of sp³-hybridized carbons (Fsp3) is 0.455. The van der Waals surface area contributed by atoms with E-state index in [1.54, 1.807) is 0 Å². The molecule has 0 N–H and O–H groups in total. The van der Waals surface area contributed by atoms with Crippen molar-refractivity contribution in [2.75, 3.05) is 25.2 Å². The first-order valence-corrected chi connectivity index (χ1v) is 15.9. The van der Waals surface area contributed by atoms with Crippen molar-refractivity contribution < 1.29 is 14.2 Å². The molecule has 2 aromatic carbocycles. The van der Waals surface area contributed by atoms with Crippen molar-refractivity contribution >= 4 is 112 Å². The highest BCUT2D eigenvalue weighted by Gasteiger charge is 2.15. The second-order valence-corrected chi connectivity index (χ2v) is 14.0. The molecule has 0 aliphatic rings. The Balaban J connectivity index is 2.07. The van der Waals surface area contributed by atoms with Crippen LogP contribution in [-0.4, -0.2) is 40.9 Å². The van der Waals surface area contributed by atoms with Crippen molar-refractivity contribution in [2.24, 2.45) is 0 Å². The van der Waals surface area contributed by atoms with Crippen molar-refractivity contribution in [3.05, 3.63) is 53.3 Å². The minimum Gasteiger partial charge on any atom is -0.490 e. The van der Waals surface area contributed by atoms with E-state index in [1.807, 2.05) is 13.8 Å². The zero-order valence-electron chi connectivity index (χ0n) is 17.4. The number of ether oxygens (including phenoxy) is 3. The third kappa shape index (κ3) is 9.78. The van der Waals surface area contributed by atoms with Gasteiger partial charge >= 0.3 is 0 Å². The van der Waals surface area contributed by atoms with Gasteiger partial charge < -0.3 is 14.2 Å². The van der Waals surface area contributed by atoms with E-state index in [4.69, 9.17) is 14.2 Å². The highest BCUT2D eigenvalue weighted by atomic mass is 79.9. The summed E-state index contributed by atoms with van der Waals surface area (Å²) in [6, 6.07) is 8.36. The molecule has 2 unspecified atom stereocenters. The van der Waals surface area contributed by atoms with Crippen LogP contribution in [0, 0.1) is 0 Å². The monoisotopic (exact) mass is 888 g/mol. The Kier molecular flexibility index (Phi) is 13.7. The van der Waals surface area contributed by atoms with Gasteiger partial charge in [-0.15, -0.1) is 0 Å². The molecule has 0 aliphatic carbocycles. The van der Waals surface area contributed by atoms with Crippen LogP contribution in [0.15, 0.2) is 42.2 Å². The summed E-state index contributed by atoms with van der Waals surface area (Å²) >= 11 is 25.2. The predicted octanol–water partition coefficient (Wildman–Crippen LogP) is 9.43. The minimum absolute atomic E-state index is 0.119. The Hall–Kier alpha value is 1.36. The summed E-state index contributed by atoms with van der Waals surface area (Å²) in [5.74, 6) is 1.58. The summed E-state index contributed by atoms with van der Waals surface area (Å²) < 4.78 is 21.2. The number of benzene rings is 2. The van der Waals surface area contributed by atoms with Gasteiger partial charge in [0.2, 0.25) is 0 Å². The number of halogens is 7. The van der Waals surface area contributed by atoms with Crippen molar-refractivity contribution in [1.29, 1.82) is 0 Å². The third-order valence-corrected chi connectivity index (χ3v) is 9.24. The molecule has 10 heteroatoms. The van der Waals surface area contributed by atoms with Gasteiger partial charge in [0, 0.05) is 5.33 Å². The van der Waals surface area contributed by atoms with Crippen LogP contribution < -0.4 is 9.47 Å². The Morgan fingerprint density at radius 2 is 1.09 bits per heavy atom. The molecule has 32 heavy (non-hydrogen) atoms. The van der Waals surface area contributed by atoms with E-state index >= 15 is 0 Å². The maximum Gasteiger partial charge on any atom is 0.147 e. The van der Waals surface area contributed by atoms with Gasteiger partial charge in [-0.1, -0.05) is 47.8 Å². The fourth-order valence-electron chi connectivity index (χ4n) is 2.68. The van der Waals surface area contributed by atoms with Crippen LogP contribution in [0.4, 0.5) is 0 Å². The first-order valence-electron chi connectivity index (χ1n) is 9.77. The average molecular weight is 895 g/mol. The van der Waals surface area contributed by atoms with Crippen molar-refractivity contribution in [3.63, 3.8) is 0 Å². The molecule has 0 heterocycles. The second-order valence-electron chi connectivity index (χ2n) is 7.31. The largest absolute Gasteiger partial charge is 0.490 e. The van der Waals surface area contributed by atoms with E-state index in [1.165, 1.54) is 0 Å². The fourth-order valence-corrected chi connectivity index (χ4v) is 6.30. The van der Waals surface area contributed by atoms with Crippen molar-refractivity contribution in [1.82, 2.24) is 0 Å². The van der Waals surface area contributed by atoms with E-state index in [-0.39, 0.29) is 15.8 Å². The summed E-state index contributed by atoms with van der Waals surface area (Å²) in [6.07, 6.45) is 0.963. The molecule has 2 rings (SSSR count). The highest BCUT2D eigenvalue weighted by Crippen LogP contribution is 2.38. The molecule has 2 aromatic rings. The van der Waals surface area contributed by atoms with Crippen LogP contribution in [-0.2, 0) is 11.2 Å². The quantitative estimate of drug-likeness (QED) is 0.199. The number of alkyl halides is 3. The molecular formula is C22H23Br7O3. The standard InChI is InChI=1S/C22H23Br7O3/c1-12(2)30-10-16(25)11-32-22-19(28)6-14(7-20(22)29)3-13-4-17(26)21(18(27)5-13)31-9-15(24)8-23/h4-7,12,15-16H,3,8-11H2,1-2H3. The van der Waals surface area contributed by atoms with E-state index < -0.39 is 0 Å². The van der Waals surface area contributed by atoms with Gasteiger partial charge in [-0.2, -0.15) is 0 Å². The number of hydrogen-bond acceptors (Lipinski definition) is 3. The average Bonchev–Trinajstić information content (AvgIpc) is 2.70. The summed E-state index contributed by atoms with van der Waals surface area (Å²) in [5, 5.41) is 0.825. The van der Waals surface area contributed by atoms with Gasteiger partial charge in [-0.25, -0.2) is 0 Å². The summed E-state index contributed by atoms with van der Waals surface area (Å²) in [6.45, 7) is 5.72. The Labute approximate surface area is 249 Å². The molecular weight excluding hydrogens is 872 g/mol. The molecule has 0 bridgehead atoms. The van der Waals surface area contributed by atoms with Crippen molar-refractivity contribution in [2.45, 2.75) is 36.0 Å². The van der Waals surface area contributed by atoms with Crippen LogP contribution >= 0.6 is 112 Å².